The molecule has 0 unspecified atom stereocenters. The maximum absolute atomic E-state index is 11.7. The first kappa shape index (κ1) is 14.9. The van der Waals surface area contributed by atoms with Gasteiger partial charge < -0.3 is 5.73 Å². The van der Waals surface area contributed by atoms with Crippen molar-refractivity contribution in [3.8, 4) is 0 Å². The van der Waals surface area contributed by atoms with Crippen LogP contribution in [0.25, 0.3) is 0 Å². The largest absolute Gasteiger partial charge is 0.370 e. The first-order valence-corrected chi connectivity index (χ1v) is 8.03. The smallest absolute Gasteiger partial charge is 0.250 e. The Labute approximate surface area is 117 Å². The Morgan fingerprint density at radius 3 is 2.71 bits per heavy atom. The van der Waals surface area contributed by atoms with E-state index < -0.39 is 15.9 Å². The minimum atomic E-state index is -3.56. The van der Waals surface area contributed by atoms with Crippen molar-refractivity contribution in [3.63, 3.8) is 0 Å². The number of thiophene rings is 1. The molecule has 0 bridgehead atoms. The van der Waals surface area contributed by atoms with Crippen molar-refractivity contribution in [2.75, 3.05) is 6.54 Å². The van der Waals surface area contributed by atoms with Crippen LogP contribution in [0.5, 0.6) is 0 Å². The minimum absolute atomic E-state index is 0.133. The fourth-order valence-corrected chi connectivity index (χ4v) is 4.52. The molecule has 0 aliphatic rings. The Morgan fingerprint density at radius 1 is 1.59 bits per heavy atom. The van der Waals surface area contributed by atoms with E-state index in [2.05, 4.69) is 20.7 Å². The molecule has 1 rings (SSSR count). The topological polar surface area (TPSA) is 89.3 Å². The van der Waals surface area contributed by atoms with Crippen molar-refractivity contribution in [2.45, 2.75) is 17.1 Å². The number of halogens is 2. The standard InChI is InChI=1S/C8H10BrClN2O3S2/c9-8-5(10)4-7(16-8)17(14,15)12-3-1-2-6(11)13/h4,12H,1-3H2,(H2,11,13). The normalized spacial score (nSPS) is 11.6. The molecule has 0 spiro atoms. The number of sulfonamides is 1. The van der Waals surface area contributed by atoms with Gasteiger partial charge in [0.05, 0.1) is 8.81 Å². The Balaban J connectivity index is 2.60. The number of hydrogen-bond donors (Lipinski definition) is 2. The van der Waals surface area contributed by atoms with Gasteiger partial charge in [-0.2, -0.15) is 0 Å². The van der Waals surface area contributed by atoms with Gasteiger partial charge in [0, 0.05) is 13.0 Å². The SMILES string of the molecule is NC(=O)CCCNS(=O)(=O)c1cc(Cl)c(Br)s1. The summed E-state index contributed by atoms with van der Waals surface area (Å²) in [7, 11) is -3.56. The molecule has 5 nitrogen and oxygen atoms in total. The Bertz CT molecular complexity index is 495. The molecule has 17 heavy (non-hydrogen) atoms. The van der Waals surface area contributed by atoms with Gasteiger partial charge in [-0.3, -0.25) is 4.79 Å². The molecular formula is C8H10BrClN2O3S2. The van der Waals surface area contributed by atoms with Gasteiger partial charge in [0.1, 0.15) is 4.21 Å². The lowest BCUT2D eigenvalue weighted by atomic mass is 10.3. The second-order valence-electron chi connectivity index (χ2n) is 3.15. The minimum Gasteiger partial charge on any atom is -0.370 e. The molecule has 0 aliphatic carbocycles. The van der Waals surface area contributed by atoms with Crippen LogP contribution in [0.4, 0.5) is 0 Å². The van der Waals surface area contributed by atoms with Crippen LogP contribution in [-0.4, -0.2) is 20.9 Å². The molecule has 0 aliphatic heterocycles. The molecule has 96 valence electrons. The number of hydrogen-bond acceptors (Lipinski definition) is 4. The van der Waals surface area contributed by atoms with Crippen molar-refractivity contribution >= 4 is 54.8 Å². The van der Waals surface area contributed by atoms with E-state index in [9.17, 15) is 13.2 Å². The van der Waals surface area contributed by atoms with Crippen molar-refractivity contribution in [1.82, 2.24) is 4.72 Å². The second kappa shape index (κ2) is 6.14. The summed E-state index contributed by atoms with van der Waals surface area (Å²) in [6.07, 6.45) is 0.520. The molecule has 1 aromatic heterocycles. The summed E-state index contributed by atoms with van der Waals surface area (Å²) in [6, 6.07) is 1.37. The maximum Gasteiger partial charge on any atom is 0.250 e. The summed E-state index contributed by atoms with van der Waals surface area (Å²) in [5.74, 6) is -0.453. The van der Waals surface area contributed by atoms with Crippen LogP contribution in [0.3, 0.4) is 0 Å². The predicted octanol–water partition coefficient (Wildman–Crippen LogP) is 1.71. The van der Waals surface area contributed by atoms with Gasteiger partial charge in [0.25, 0.3) is 0 Å². The average molecular weight is 362 g/mol. The third kappa shape index (κ3) is 4.55. The van der Waals surface area contributed by atoms with E-state index in [0.29, 0.717) is 15.2 Å². The monoisotopic (exact) mass is 360 g/mol. The average Bonchev–Trinajstić information content (AvgIpc) is 2.55. The summed E-state index contributed by atoms with van der Waals surface area (Å²) >= 11 is 9.92. The van der Waals surface area contributed by atoms with Gasteiger partial charge in [-0.25, -0.2) is 13.1 Å². The Kier molecular flexibility index (Phi) is 5.39. The van der Waals surface area contributed by atoms with E-state index in [1.165, 1.54) is 6.07 Å². The summed E-state index contributed by atoms with van der Waals surface area (Å²) < 4.78 is 26.6. The van der Waals surface area contributed by atoms with E-state index in [1.807, 2.05) is 0 Å². The van der Waals surface area contributed by atoms with Crippen LogP contribution in [0.2, 0.25) is 5.02 Å². The van der Waals surface area contributed by atoms with Crippen molar-refractivity contribution in [1.29, 1.82) is 0 Å². The molecule has 1 heterocycles. The lowest BCUT2D eigenvalue weighted by Gasteiger charge is -2.03. The molecule has 1 amide bonds. The lowest BCUT2D eigenvalue weighted by molar-refractivity contribution is -0.118. The quantitative estimate of drug-likeness (QED) is 0.756. The maximum atomic E-state index is 11.7. The third-order valence-electron chi connectivity index (χ3n) is 1.78. The van der Waals surface area contributed by atoms with E-state index in [4.69, 9.17) is 17.3 Å². The highest BCUT2D eigenvalue weighted by Gasteiger charge is 2.18. The summed E-state index contributed by atoms with van der Waals surface area (Å²) in [6.45, 7) is 0.165. The lowest BCUT2D eigenvalue weighted by Crippen LogP contribution is -2.25. The molecule has 0 saturated carbocycles. The molecular weight excluding hydrogens is 352 g/mol. The van der Waals surface area contributed by atoms with E-state index in [1.54, 1.807) is 0 Å². The van der Waals surface area contributed by atoms with Gasteiger partial charge in [-0.15, -0.1) is 11.3 Å². The first-order valence-electron chi connectivity index (χ1n) is 4.56. The first-order chi connectivity index (χ1) is 7.83. The van der Waals surface area contributed by atoms with Crippen LogP contribution in [0, 0.1) is 0 Å². The zero-order chi connectivity index (χ0) is 13.1. The van der Waals surface area contributed by atoms with E-state index >= 15 is 0 Å². The van der Waals surface area contributed by atoms with E-state index in [-0.39, 0.29) is 17.2 Å². The number of nitrogens with one attached hydrogen (secondary N) is 1. The third-order valence-corrected chi connectivity index (χ3v) is 6.19. The van der Waals surface area contributed by atoms with Gasteiger partial charge in [0.2, 0.25) is 15.9 Å². The van der Waals surface area contributed by atoms with Crippen molar-refractivity contribution in [3.05, 3.63) is 14.9 Å². The second-order valence-corrected chi connectivity index (χ2v) is 7.93. The van der Waals surface area contributed by atoms with Crippen LogP contribution >= 0.6 is 38.9 Å². The van der Waals surface area contributed by atoms with Gasteiger partial charge in [0.15, 0.2) is 0 Å². The number of carbonyl (C=O) groups excluding carboxylic acids is 1. The number of amides is 1. The fraction of sp³-hybridized carbons (Fsp3) is 0.375. The zero-order valence-corrected chi connectivity index (χ0v) is 12.5. The van der Waals surface area contributed by atoms with Crippen LogP contribution in [-0.2, 0) is 14.8 Å². The van der Waals surface area contributed by atoms with Gasteiger partial charge >= 0.3 is 0 Å². The van der Waals surface area contributed by atoms with Gasteiger partial charge in [-0.05, 0) is 28.4 Å². The molecule has 1 aromatic rings. The zero-order valence-electron chi connectivity index (χ0n) is 8.57. The number of nitrogens with two attached hydrogens (primary N) is 1. The molecule has 0 atom stereocenters. The molecule has 0 aromatic carbocycles. The highest BCUT2D eigenvalue weighted by atomic mass is 79.9. The van der Waals surface area contributed by atoms with Gasteiger partial charge in [-0.1, -0.05) is 11.6 Å². The number of primary amides is 1. The number of rotatable bonds is 6. The highest BCUT2D eigenvalue weighted by Crippen LogP contribution is 2.34. The van der Waals surface area contributed by atoms with Crippen LogP contribution in [0.1, 0.15) is 12.8 Å². The summed E-state index contributed by atoms with van der Waals surface area (Å²) in [5.41, 5.74) is 4.94. The predicted molar refractivity (Wildman–Crippen MR) is 70.6 cm³/mol. The number of carbonyl (C=O) groups is 1. The molecule has 0 saturated heterocycles. The van der Waals surface area contributed by atoms with Crippen molar-refractivity contribution in [2.24, 2.45) is 5.73 Å². The summed E-state index contributed by atoms with van der Waals surface area (Å²) in [5, 5.41) is 0.354. The van der Waals surface area contributed by atoms with E-state index in [0.717, 1.165) is 11.3 Å². The Hall–Kier alpha value is -0.150. The van der Waals surface area contributed by atoms with Crippen LogP contribution < -0.4 is 10.5 Å². The molecule has 0 fully saturated rings. The molecule has 9 heteroatoms. The Morgan fingerprint density at radius 2 is 2.24 bits per heavy atom. The fourth-order valence-electron chi connectivity index (χ4n) is 0.999. The van der Waals surface area contributed by atoms with Crippen molar-refractivity contribution < 1.29 is 13.2 Å². The van der Waals surface area contributed by atoms with Crippen LogP contribution in [0.15, 0.2) is 14.1 Å². The molecule has 3 N–H and O–H groups in total. The molecule has 0 radical (unpaired) electrons. The summed E-state index contributed by atoms with van der Waals surface area (Å²) in [4.78, 5) is 10.5. The highest BCUT2D eigenvalue weighted by molar-refractivity contribution is 9.11.